The third-order valence-electron chi connectivity index (χ3n) is 4.78. The van der Waals surface area contributed by atoms with Gasteiger partial charge < -0.3 is 15.4 Å². The van der Waals surface area contributed by atoms with Gasteiger partial charge in [-0.15, -0.1) is 0 Å². The predicted octanol–water partition coefficient (Wildman–Crippen LogP) is 2.84. The molecule has 0 spiro atoms. The largest absolute Gasteiger partial charge is 0.484 e. The van der Waals surface area contributed by atoms with E-state index in [1.807, 2.05) is 30.3 Å². The minimum atomic E-state index is -0.881. The number of nitrogens with zero attached hydrogens (tertiary/aromatic N) is 1. The van der Waals surface area contributed by atoms with Gasteiger partial charge >= 0.3 is 11.8 Å². The Balaban J connectivity index is 1.34. The number of rotatable bonds is 10. The molecule has 3 N–H and O–H groups in total. The van der Waals surface area contributed by atoms with E-state index in [1.165, 1.54) is 6.21 Å². The van der Waals surface area contributed by atoms with Crippen molar-refractivity contribution >= 4 is 35.5 Å². The Labute approximate surface area is 208 Å². The van der Waals surface area contributed by atoms with Gasteiger partial charge in [0.1, 0.15) is 5.75 Å². The van der Waals surface area contributed by atoms with Gasteiger partial charge in [0, 0.05) is 18.1 Å². The number of halogens is 1. The Morgan fingerprint density at radius 3 is 2.26 bits per heavy atom. The Morgan fingerprint density at radius 2 is 1.54 bits per heavy atom. The van der Waals surface area contributed by atoms with Crippen molar-refractivity contribution in [2.75, 3.05) is 13.2 Å². The molecule has 9 heteroatoms. The van der Waals surface area contributed by atoms with Gasteiger partial charge in [0.25, 0.3) is 5.91 Å². The molecule has 3 aromatic carbocycles. The van der Waals surface area contributed by atoms with Crippen molar-refractivity contribution in [1.29, 1.82) is 0 Å². The molecular weight excluding hydrogens is 468 g/mol. The van der Waals surface area contributed by atoms with Gasteiger partial charge in [0.15, 0.2) is 6.61 Å². The fraction of sp³-hybridized carbons (Fsp3) is 0.154. The zero-order valence-electron chi connectivity index (χ0n) is 18.9. The minimum absolute atomic E-state index is 0.0938. The molecule has 3 amide bonds. The highest BCUT2D eigenvalue weighted by molar-refractivity contribution is 6.35. The first-order chi connectivity index (χ1) is 17.0. The second-order valence-electron chi connectivity index (χ2n) is 7.45. The smallest absolute Gasteiger partial charge is 0.329 e. The summed E-state index contributed by atoms with van der Waals surface area (Å²) >= 11 is 5.81. The topological polar surface area (TPSA) is 109 Å². The molecule has 8 nitrogen and oxygen atoms in total. The normalized spacial score (nSPS) is 10.5. The summed E-state index contributed by atoms with van der Waals surface area (Å²) in [6.07, 6.45) is 2.14. The molecule has 0 unspecified atom stereocenters. The first kappa shape index (κ1) is 25.5. The summed E-state index contributed by atoms with van der Waals surface area (Å²) in [6.45, 7) is 0.634. The zero-order chi connectivity index (χ0) is 24.9. The average molecular weight is 493 g/mol. The number of carbonyl (C=O) groups is 3. The maximum absolute atomic E-state index is 11.9. The minimum Gasteiger partial charge on any atom is -0.484 e. The number of hydrazone groups is 1. The maximum atomic E-state index is 11.9. The summed E-state index contributed by atoms with van der Waals surface area (Å²) in [7, 11) is 0. The molecule has 0 aromatic heterocycles. The first-order valence-electron chi connectivity index (χ1n) is 10.9. The van der Waals surface area contributed by atoms with Crippen molar-refractivity contribution in [2.45, 2.75) is 13.0 Å². The number of benzene rings is 3. The maximum Gasteiger partial charge on any atom is 0.329 e. The van der Waals surface area contributed by atoms with Crippen molar-refractivity contribution in [3.63, 3.8) is 0 Å². The van der Waals surface area contributed by atoms with E-state index in [9.17, 15) is 14.4 Å². The van der Waals surface area contributed by atoms with Crippen molar-refractivity contribution in [1.82, 2.24) is 16.1 Å². The van der Waals surface area contributed by atoms with Crippen molar-refractivity contribution in [3.05, 3.63) is 101 Å². The van der Waals surface area contributed by atoms with Crippen LogP contribution in [0.15, 0.2) is 84.0 Å². The fourth-order valence-corrected chi connectivity index (χ4v) is 3.05. The van der Waals surface area contributed by atoms with Crippen LogP contribution in [0.5, 0.6) is 5.75 Å². The third kappa shape index (κ3) is 9.30. The van der Waals surface area contributed by atoms with Crippen molar-refractivity contribution in [3.8, 4) is 5.75 Å². The fourth-order valence-electron chi connectivity index (χ4n) is 2.92. The van der Waals surface area contributed by atoms with Gasteiger partial charge in [-0.3, -0.25) is 14.4 Å². The molecule has 3 rings (SSSR count). The summed E-state index contributed by atoms with van der Waals surface area (Å²) < 4.78 is 5.48. The summed E-state index contributed by atoms with van der Waals surface area (Å²) in [4.78, 5) is 35.7. The van der Waals surface area contributed by atoms with Gasteiger partial charge in [-0.05, 0) is 59.5 Å². The second-order valence-corrected chi connectivity index (χ2v) is 7.89. The molecule has 180 valence electrons. The second kappa shape index (κ2) is 13.5. The molecule has 0 atom stereocenters. The van der Waals surface area contributed by atoms with E-state index in [2.05, 4.69) is 21.2 Å². The lowest BCUT2D eigenvalue weighted by Crippen LogP contribution is -2.37. The molecule has 0 bridgehead atoms. The monoisotopic (exact) mass is 492 g/mol. The van der Waals surface area contributed by atoms with E-state index in [1.54, 1.807) is 48.5 Å². The van der Waals surface area contributed by atoms with Crippen LogP contribution in [0.2, 0.25) is 5.02 Å². The standard InChI is InChI=1S/C26H25ClN4O4/c27-22-10-6-20(7-11-22)16-29-25(33)26(34)31-30-17-21-8-12-23(13-9-21)35-18-24(32)28-15-14-19-4-2-1-3-5-19/h1-13,17H,14-16,18H2,(H,28,32)(H,29,33)(H,31,34)/b30-17-. The molecular formula is C26H25ClN4O4. The Bertz CT molecular complexity index is 1150. The molecule has 0 aliphatic heterocycles. The van der Waals surface area contributed by atoms with E-state index in [-0.39, 0.29) is 19.1 Å². The first-order valence-corrected chi connectivity index (χ1v) is 11.3. The van der Waals surface area contributed by atoms with Crippen LogP contribution in [-0.2, 0) is 27.3 Å². The number of ether oxygens (including phenoxy) is 1. The van der Waals surface area contributed by atoms with Gasteiger partial charge in [-0.25, -0.2) is 5.43 Å². The van der Waals surface area contributed by atoms with Gasteiger partial charge in [0.05, 0.1) is 6.21 Å². The highest BCUT2D eigenvalue weighted by Crippen LogP contribution is 2.11. The van der Waals surface area contributed by atoms with Crippen LogP contribution >= 0.6 is 11.6 Å². The summed E-state index contributed by atoms with van der Waals surface area (Å²) in [5, 5.41) is 9.69. The van der Waals surface area contributed by atoms with E-state index in [4.69, 9.17) is 16.3 Å². The number of hydrogen-bond acceptors (Lipinski definition) is 5. The van der Waals surface area contributed by atoms with Crippen molar-refractivity contribution in [2.24, 2.45) is 5.10 Å². The molecule has 0 aliphatic carbocycles. The molecule has 0 saturated heterocycles. The molecule has 0 radical (unpaired) electrons. The van der Waals surface area contributed by atoms with E-state index >= 15 is 0 Å². The lowest BCUT2D eigenvalue weighted by molar-refractivity contribution is -0.139. The molecule has 0 heterocycles. The predicted molar refractivity (Wildman–Crippen MR) is 134 cm³/mol. The van der Waals surface area contributed by atoms with E-state index < -0.39 is 11.8 Å². The summed E-state index contributed by atoms with van der Waals surface area (Å²) in [5.74, 6) is -1.37. The van der Waals surface area contributed by atoms with Crippen LogP contribution in [-0.4, -0.2) is 37.1 Å². The van der Waals surface area contributed by atoms with Gasteiger partial charge in [-0.2, -0.15) is 5.10 Å². The van der Waals surface area contributed by atoms with E-state index in [0.717, 1.165) is 17.5 Å². The highest BCUT2D eigenvalue weighted by atomic mass is 35.5. The Hall–Kier alpha value is -4.17. The Kier molecular flexibility index (Phi) is 9.83. The molecule has 0 saturated carbocycles. The third-order valence-corrected chi connectivity index (χ3v) is 5.03. The van der Waals surface area contributed by atoms with Crippen LogP contribution in [0.25, 0.3) is 0 Å². The molecule has 35 heavy (non-hydrogen) atoms. The number of carbonyl (C=O) groups excluding carboxylic acids is 3. The molecule has 0 fully saturated rings. The van der Waals surface area contributed by atoms with Crippen molar-refractivity contribution < 1.29 is 19.1 Å². The number of amides is 3. The molecule has 0 aliphatic rings. The average Bonchev–Trinajstić information content (AvgIpc) is 2.88. The van der Waals surface area contributed by atoms with Crippen LogP contribution < -0.4 is 20.8 Å². The lowest BCUT2D eigenvalue weighted by atomic mass is 10.1. The SMILES string of the molecule is O=C(COc1ccc(/C=N\NC(=O)C(=O)NCc2ccc(Cl)cc2)cc1)NCCc1ccccc1. The summed E-state index contributed by atoms with van der Waals surface area (Å²) in [6, 6.07) is 23.6. The van der Waals surface area contributed by atoms with Gasteiger partial charge in [-0.1, -0.05) is 54.1 Å². The van der Waals surface area contributed by atoms with Crippen LogP contribution in [0.4, 0.5) is 0 Å². The quantitative estimate of drug-likeness (QED) is 0.230. The van der Waals surface area contributed by atoms with Crippen LogP contribution in [0.1, 0.15) is 16.7 Å². The zero-order valence-corrected chi connectivity index (χ0v) is 19.6. The molecule has 3 aromatic rings. The van der Waals surface area contributed by atoms with Crippen LogP contribution in [0, 0.1) is 0 Å². The van der Waals surface area contributed by atoms with Crippen LogP contribution in [0.3, 0.4) is 0 Å². The Morgan fingerprint density at radius 1 is 0.829 bits per heavy atom. The highest BCUT2D eigenvalue weighted by Gasteiger charge is 2.11. The summed E-state index contributed by atoms with van der Waals surface area (Å²) in [5.41, 5.74) is 4.81. The number of hydrogen-bond donors (Lipinski definition) is 3. The lowest BCUT2D eigenvalue weighted by Gasteiger charge is -2.08. The van der Waals surface area contributed by atoms with Gasteiger partial charge in [0.2, 0.25) is 0 Å². The van der Waals surface area contributed by atoms with E-state index in [0.29, 0.717) is 22.9 Å². The number of nitrogens with one attached hydrogen (secondary N) is 3.